The fourth-order valence-electron chi connectivity index (χ4n) is 2.69. The highest BCUT2D eigenvalue weighted by Crippen LogP contribution is 2.23. The molecule has 96 valence electrons. The van der Waals surface area contributed by atoms with Gasteiger partial charge in [0.15, 0.2) is 5.25 Å². The molecular weight excluding hydrogens is 238 g/mol. The van der Waals surface area contributed by atoms with Crippen molar-refractivity contribution >= 4 is 10.0 Å². The minimum Gasteiger partial charge on any atom is -0.299 e. The molecule has 0 saturated carbocycles. The lowest BCUT2D eigenvalue weighted by Gasteiger charge is -2.25. The van der Waals surface area contributed by atoms with E-state index >= 15 is 0 Å². The first-order valence-electron chi connectivity index (χ1n) is 6.18. The van der Waals surface area contributed by atoms with Crippen LogP contribution < -0.4 is 0 Å². The number of hydrogen-bond acceptors (Lipinski definition) is 4. The summed E-state index contributed by atoms with van der Waals surface area (Å²) in [6, 6.07) is 2.20. The Bertz CT molecular complexity index is 415. The maximum Gasteiger partial charge on any atom is 0.230 e. The summed E-state index contributed by atoms with van der Waals surface area (Å²) in [7, 11) is -3.43. The van der Waals surface area contributed by atoms with Gasteiger partial charge in [-0.25, -0.2) is 8.42 Å². The maximum atomic E-state index is 12.1. The summed E-state index contributed by atoms with van der Waals surface area (Å²) < 4.78 is 25.8. The molecule has 0 spiro atoms. The van der Waals surface area contributed by atoms with E-state index in [1.54, 1.807) is 0 Å². The fraction of sp³-hybridized carbons (Fsp3) is 0.909. The molecule has 2 aliphatic rings. The van der Waals surface area contributed by atoms with E-state index in [0.717, 1.165) is 32.4 Å². The molecule has 2 saturated heterocycles. The second-order valence-corrected chi connectivity index (χ2v) is 7.11. The minimum absolute atomic E-state index is 0.359. The summed E-state index contributed by atoms with van der Waals surface area (Å²) in [6.45, 7) is 4.66. The molecular formula is C11H19N3O2S. The zero-order valence-electron chi connectivity index (χ0n) is 10.2. The Morgan fingerprint density at radius 2 is 2.00 bits per heavy atom. The van der Waals surface area contributed by atoms with Crippen LogP contribution >= 0.6 is 0 Å². The molecule has 5 nitrogen and oxygen atoms in total. The molecule has 17 heavy (non-hydrogen) atoms. The molecule has 2 atom stereocenters. The summed E-state index contributed by atoms with van der Waals surface area (Å²) in [5.41, 5.74) is 0. The third-order valence-electron chi connectivity index (χ3n) is 3.75. The number of nitrogens with zero attached hydrogens (tertiary/aromatic N) is 3. The number of nitriles is 1. The molecule has 0 aliphatic carbocycles. The van der Waals surface area contributed by atoms with E-state index in [1.165, 1.54) is 11.2 Å². The van der Waals surface area contributed by atoms with E-state index in [-0.39, 0.29) is 0 Å². The highest BCUT2D eigenvalue weighted by molar-refractivity contribution is 7.89. The summed E-state index contributed by atoms with van der Waals surface area (Å²) in [6.07, 6.45) is 3.10. The predicted molar refractivity (Wildman–Crippen MR) is 64.8 cm³/mol. The van der Waals surface area contributed by atoms with Crippen LogP contribution in [0.3, 0.4) is 0 Å². The van der Waals surface area contributed by atoms with Gasteiger partial charge in [-0.1, -0.05) is 0 Å². The van der Waals surface area contributed by atoms with Gasteiger partial charge in [0.1, 0.15) is 0 Å². The Morgan fingerprint density at radius 1 is 1.29 bits per heavy atom. The largest absolute Gasteiger partial charge is 0.299 e. The van der Waals surface area contributed by atoms with Gasteiger partial charge in [0.2, 0.25) is 10.0 Å². The molecule has 0 amide bonds. The van der Waals surface area contributed by atoms with Crippen LogP contribution in [0.4, 0.5) is 0 Å². The zero-order valence-corrected chi connectivity index (χ0v) is 11.0. The smallest absolute Gasteiger partial charge is 0.230 e. The quantitative estimate of drug-likeness (QED) is 0.718. The fourth-order valence-corrected chi connectivity index (χ4v) is 4.04. The molecule has 2 fully saturated rings. The van der Waals surface area contributed by atoms with Crippen molar-refractivity contribution in [1.29, 1.82) is 5.26 Å². The molecule has 2 heterocycles. The number of hydrogen-bond donors (Lipinski definition) is 0. The van der Waals surface area contributed by atoms with Crippen LogP contribution in [0.15, 0.2) is 0 Å². The average Bonchev–Trinajstić information content (AvgIpc) is 2.65. The van der Waals surface area contributed by atoms with Crippen LogP contribution in [0, 0.1) is 11.3 Å². The van der Waals surface area contributed by atoms with E-state index < -0.39 is 15.3 Å². The average molecular weight is 257 g/mol. The summed E-state index contributed by atoms with van der Waals surface area (Å²) in [4.78, 5) is 2.38. The Kier molecular flexibility index (Phi) is 3.71. The van der Waals surface area contributed by atoms with Gasteiger partial charge in [-0.05, 0) is 39.3 Å². The van der Waals surface area contributed by atoms with Gasteiger partial charge in [-0.15, -0.1) is 0 Å². The van der Waals surface area contributed by atoms with Gasteiger partial charge < -0.3 is 0 Å². The van der Waals surface area contributed by atoms with E-state index in [2.05, 4.69) is 4.90 Å². The zero-order chi connectivity index (χ0) is 12.5. The van der Waals surface area contributed by atoms with E-state index in [1.807, 2.05) is 6.07 Å². The van der Waals surface area contributed by atoms with Crippen molar-refractivity contribution in [3.8, 4) is 6.07 Å². The first-order chi connectivity index (χ1) is 8.05. The van der Waals surface area contributed by atoms with Gasteiger partial charge in [-0.2, -0.15) is 9.57 Å². The first-order valence-corrected chi connectivity index (χ1v) is 7.68. The van der Waals surface area contributed by atoms with Crippen LogP contribution in [0.25, 0.3) is 0 Å². The highest BCUT2D eigenvalue weighted by Gasteiger charge is 2.35. The number of rotatable bonds is 2. The third-order valence-corrected chi connectivity index (χ3v) is 5.81. The topological polar surface area (TPSA) is 64.4 Å². The molecule has 0 N–H and O–H groups in total. The second-order valence-electron chi connectivity index (χ2n) is 4.86. The molecule has 0 bridgehead atoms. The van der Waals surface area contributed by atoms with Crippen molar-refractivity contribution in [2.75, 3.05) is 26.2 Å². The summed E-state index contributed by atoms with van der Waals surface area (Å²) in [5, 5.41) is 7.86. The Morgan fingerprint density at radius 3 is 2.71 bits per heavy atom. The molecule has 2 rings (SSSR count). The van der Waals surface area contributed by atoms with Crippen LogP contribution in [-0.4, -0.2) is 55.1 Å². The summed E-state index contributed by atoms with van der Waals surface area (Å²) >= 11 is 0. The van der Waals surface area contributed by atoms with Crippen molar-refractivity contribution in [1.82, 2.24) is 9.21 Å². The Hall–Kier alpha value is -0.640. The lowest BCUT2D eigenvalue weighted by atomic mass is 10.2. The molecule has 2 unspecified atom stereocenters. The van der Waals surface area contributed by atoms with Crippen LogP contribution in [0.1, 0.15) is 26.2 Å². The predicted octanol–water partition coefficient (Wildman–Crippen LogP) is 0.398. The molecule has 0 radical (unpaired) electrons. The molecule has 2 aliphatic heterocycles. The standard InChI is InChI=1S/C11H19N3O2S/c1-10(8-12)17(15,16)14-7-3-6-13-5-2-4-11(13)9-14/h10-11H,2-7,9H2,1H3. The number of fused-ring (bicyclic) bond motifs is 1. The first kappa shape index (κ1) is 12.8. The van der Waals surface area contributed by atoms with Crippen molar-refractivity contribution in [3.63, 3.8) is 0 Å². The maximum absolute atomic E-state index is 12.1. The van der Waals surface area contributed by atoms with Gasteiger partial charge in [0.05, 0.1) is 6.07 Å². The number of sulfonamides is 1. The molecule has 0 aromatic rings. The Balaban J connectivity index is 2.14. The van der Waals surface area contributed by atoms with Crippen LogP contribution in [-0.2, 0) is 10.0 Å². The van der Waals surface area contributed by atoms with Gasteiger partial charge >= 0.3 is 0 Å². The SMILES string of the molecule is CC(C#N)S(=O)(=O)N1CCCN2CCCC2C1. The van der Waals surface area contributed by atoms with E-state index in [9.17, 15) is 8.42 Å². The van der Waals surface area contributed by atoms with E-state index in [0.29, 0.717) is 19.1 Å². The molecule has 6 heteroatoms. The van der Waals surface area contributed by atoms with Crippen molar-refractivity contribution in [2.24, 2.45) is 0 Å². The lowest BCUT2D eigenvalue weighted by Crippen LogP contribution is -2.42. The second kappa shape index (κ2) is 4.92. The van der Waals surface area contributed by atoms with Gasteiger partial charge in [0.25, 0.3) is 0 Å². The normalized spacial score (nSPS) is 29.3. The van der Waals surface area contributed by atoms with E-state index in [4.69, 9.17) is 5.26 Å². The lowest BCUT2D eigenvalue weighted by molar-refractivity contribution is 0.257. The van der Waals surface area contributed by atoms with Crippen molar-refractivity contribution in [3.05, 3.63) is 0 Å². The molecule has 0 aromatic heterocycles. The van der Waals surface area contributed by atoms with Gasteiger partial charge in [0, 0.05) is 19.1 Å². The van der Waals surface area contributed by atoms with Gasteiger partial charge in [-0.3, -0.25) is 4.90 Å². The van der Waals surface area contributed by atoms with Crippen molar-refractivity contribution < 1.29 is 8.42 Å². The minimum atomic E-state index is -3.43. The third kappa shape index (κ3) is 2.46. The summed E-state index contributed by atoms with van der Waals surface area (Å²) in [5.74, 6) is 0. The monoisotopic (exact) mass is 257 g/mol. The Labute approximate surface area is 103 Å². The van der Waals surface area contributed by atoms with Crippen LogP contribution in [0.2, 0.25) is 0 Å². The van der Waals surface area contributed by atoms with Crippen molar-refractivity contribution in [2.45, 2.75) is 37.5 Å². The molecule has 0 aromatic carbocycles. The highest BCUT2D eigenvalue weighted by atomic mass is 32.2. The van der Waals surface area contributed by atoms with Crippen LogP contribution in [0.5, 0.6) is 0 Å².